The van der Waals surface area contributed by atoms with E-state index in [1.54, 1.807) is 4.90 Å². The number of nitrogens with one attached hydrogen (secondary N) is 1. The first-order valence-electron chi connectivity index (χ1n) is 10.0. The number of aryl methyl sites for hydroxylation is 1. The van der Waals surface area contributed by atoms with Gasteiger partial charge in [0, 0.05) is 30.8 Å². The molecular formula is C23H31N3O2. The number of nitrogens with two attached hydrogens (primary N) is 1. The highest BCUT2D eigenvalue weighted by Gasteiger charge is 2.18. The van der Waals surface area contributed by atoms with Gasteiger partial charge in [-0.25, -0.2) is 0 Å². The van der Waals surface area contributed by atoms with E-state index in [9.17, 15) is 9.59 Å². The molecule has 3 N–H and O–H groups in total. The Morgan fingerprint density at radius 2 is 1.64 bits per heavy atom. The lowest BCUT2D eigenvalue weighted by Crippen LogP contribution is -2.34. The second kappa shape index (κ2) is 11.9. The number of carbonyl (C=O) groups excluding carboxylic acids is 2. The van der Waals surface area contributed by atoms with E-state index in [0.717, 1.165) is 30.5 Å². The fourth-order valence-electron chi connectivity index (χ4n) is 3.07. The van der Waals surface area contributed by atoms with E-state index < -0.39 is 0 Å². The van der Waals surface area contributed by atoms with Gasteiger partial charge in [-0.05, 0) is 56.5 Å². The summed E-state index contributed by atoms with van der Waals surface area (Å²) in [7, 11) is 0. The molecule has 0 fully saturated rings. The molecule has 28 heavy (non-hydrogen) atoms. The topological polar surface area (TPSA) is 75.4 Å². The highest BCUT2D eigenvalue weighted by atomic mass is 16.2. The standard InChI is InChI=1S/C23H31N3O2/c1-19-11-7-8-14-21(19)23(28)26(20-12-4-2-5-13-20)18-10-17-25-22(27)15-6-3-9-16-24/h2,4-5,7-8,11-14H,3,6,9-10,15-18,24H2,1H3,(H,25,27). The molecular weight excluding hydrogens is 350 g/mol. The molecule has 2 aromatic carbocycles. The Morgan fingerprint density at radius 1 is 0.929 bits per heavy atom. The van der Waals surface area contributed by atoms with Crippen LogP contribution in [-0.2, 0) is 4.79 Å². The van der Waals surface area contributed by atoms with Crippen molar-refractivity contribution in [1.29, 1.82) is 0 Å². The number of benzene rings is 2. The summed E-state index contributed by atoms with van der Waals surface area (Å²) < 4.78 is 0. The number of carbonyl (C=O) groups is 2. The van der Waals surface area contributed by atoms with Gasteiger partial charge >= 0.3 is 0 Å². The SMILES string of the molecule is Cc1ccccc1C(=O)N(CCCNC(=O)CCCCCN)c1ccccc1. The normalized spacial score (nSPS) is 10.5. The third-order valence-corrected chi connectivity index (χ3v) is 4.68. The maximum Gasteiger partial charge on any atom is 0.258 e. The Labute approximate surface area is 167 Å². The quantitative estimate of drug-likeness (QED) is 0.583. The van der Waals surface area contributed by atoms with Crippen LogP contribution in [0.3, 0.4) is 0 Å². The first-order chi connectivity index (χ1) is 13.6. The van der Waals surface area contributed by atoms with Gasteiger partial charge in [0.25, 0.3) is 5.91 Å². The third-order valence-electron chi connectivity index (χ3n) is 4.68. The van der Waals surface area contributed by atoms with Gasteiger partial charge in [-0.3, -0.25) is 9.59 Å². The first-order valence-corrected chi connectivity index (χ1v) is 10.0. The minimum Gasteiger partial charge on any atom is -0.356 e. The van der Waals surface area contributed by atoms with Crippen LogP contribution in [0.4, 0.5) is 5.69 Å². The Kier molecular flexibility index (Phi) is 9.22. The molecule has 2 amide bonds. The maximum atomic E-state index is 13.1. The average Bonchev–Trinajstić information content (AvgIpc) is 2.72. The van der Waals surface area contributed by atoms with Crippen LogP contribution in [0, 0.1) is 6.92 Å². The Hall–Kier alpha value is -2.66. The van der Waals surface area contributed by atoms with Gasteiger partial charge in [-0.1, -0.05) is 42.8 Å². The van der Waals surface area contributed by atoms with E-state index in [0.29, 0.717) is 38.0 Å². The largest absolute Gasteiger partial charge is 0.356 e. The van der Waals surface area contributed by atoms with E-state index in [1.165, 1.54) is 0 Å². The lowest BCUT2D eigenvalue weighted by Gasteiger charge is -2.24. The number of unbranched alkanes of at least 4 members (excludes halogenated alkanes) is 2. The van der Waals surface area contributed by atoms with Gasteiger partial charge < -0.3 is 16.0 Å². The predicted octanol–water partition coefficient (Wildman–Crippen LogP) is 3.67. The zero-order chi connectivity index (χ0) is 20.2. The number of anilines is 1. The van der Waals surface area contributed by atoms with Crippen LogP contribution in [-0.4, -0.2) is 31.4 Å². The minimum absolute atomic E-state index is 0.0163. The van der Waals surface area contributed by atoms with Gasteiger partial charge in [0.05, 0.1) is 0 Å². The molecule has 0 aromatic heterocycles. The predicted molar refractivity (Wildman–Crippen MR) is 114 cm³/mol. The average molecular weight is 382 g/mol. The van der Waals surface area contributed by atoms with Gasteiger partial charge in [0.1, 0.15) is 0 Å². The Morgan fingerprint density at radius 3 is 2.36 bits per heavy atom. The first kappa shape index (κ1) is 21.6. The minimum atomic E-state index is -0.0163. The van der Waals surface area contributed by atoms with Gasteiger partial charge in [0.2, 0.25) is 5.91 Å². The van der Waals surface area contributed by atoms with Crippen molar-refractivity contribution in [3.8, 4) is 0 Å². The number of para-hydroxylation sites is 1. The Balaban J connectivity index is 1.92. The molecule has 0 saturated heterocycles. The highest BCUT2D eigenvalue weighted by molar-refractivity contribution is 6.07. The summed E-state index contributed by atoms with van der Waals surface area (Å²) in [5, 5.41) is 2.95. The molecule has 0 heterocycles. The van der Waals surface area contributed by atoms with Crippen molar-refractivity contribution in [3.05, 3.63) is 65.7 Å². The van der Waals surface area contributed by atoms with E-state index in [1.807, 2.05) is 61.5 Å². The van der Waals surface area contributed by atoms with Gasteiger partial charge in [-0.15, -0.1) is 0 Å². The zero-order valence-corrected chi connectivity index (χ0v) is 16.7. The molecule has 5 heteroatoms. The van der Waals surface area contributed by atoms with Crippen molar-refractivity contribution in [3.63, 3.8) is 0 Å². The molecule has 0 atom stereocenters. The van der Waals surface area contributed by atoms with Crippen molar-refractivity contribution in [2.45, 2.75) is 39.0 Å². The molecule has 0 aliphatic heterocycles. The second-order valence-electron chi connectivity index (χ2n) is 6.91. The van der Waals surface area contributed by atoms with Gasteiger partial charge in [-0.2, -0.15) is 0 Å². The smallest absolute Gasteiger partial charge is 0.258 e. The zero-order valence-electron chi connectivity index (χ0n) is 16.7. The van der Waals surface area contributed by atoms with Crippen LogP contribution >= 0.6 is 0 Å². The summed E-state index contributed by atoms with van der Waals surface area (Å²) in [6, 6.07) is 17.3. The molecule has 0 saturated carbocycles. The fraction of sp³-hybridized carbons (Fsp3) is 0.391. The summed E-state index contributed by atoms with van der Waals surface area (Å²) in [5.74, 6) is 0.0472. The van der Waals surface area contributed by atoms with Crippen LogP contribution < -0.4 is 16.0 Å². The molecule has 0 spiro atoms. The second-order valence-corrected chi connectivity index (χ2v) is 6.91. The van der Waals surface area contributed by atoms with E-state index in [4.69, 9.17) is 5.73 Å². The number of amides is 2. The van der Waals surface area contributed by atoms with Crippen LogP contribution in [0.5, 0.6) is 0 Å². The third kappa shape index (κ3) is 6.82. The molecule has 2 rings (SSSR count). The summed E-state index contributed by atoms with van der Waals surface area (Å²) in [6.07, 6.45) is 4.04. The van der Waals surface area contributed by atoms with Gasteiger partial charge in [0.15, 0.2) is 0 Å². The number of hydrogen-bond donors (Lipinski definition) is 2. The lowest BCUT2D eigenvalue weighted by atomic mass is 10.1. The summed E-state index contributed by atoms with van der Waals surface area (Å²) in [6.45, 7) is 3.72. The van der Waals surface area contributed by atoms with E-state index in [-0.39, 0.29) is 11.8 Å². The van der Waals surface area contributed by atoms with E-state index >= 15 is 0 Å². The lowest BCUT2D eigenvalue weighted by molar-refractivity contribution is -0.121. The summed E-state index contributed by atoms with van der Waals surface area (Å²) in [4.78, 5) is 26.8. The fourth-order valence-corrected chi connectivity index (χ4v) is 3.07. The number of rotatable bonds is 11. The molecule has 5 nitrogen and oxygen atoms in total. The molecule has 2 aromatic rings. The van der Waals surface area contributed by atoms with Crippen LogP contribution in [0.2, 0.25) is 0 Å². The monoisotopic (exact) mass is 381 g/mol. The molecule has 0 bridgehead atoms. The molecule has 0 radical (unpaired) electrons. The van der Waals surface area contributed by atoms with E-state index in [2.05, 4.69) is 5.32 Å². The van der Waals surface area contributed by atoms with Crippen molar-refractivity contribution in [2.75, 3.05) is 24.5 Å². The van der Waals surface area contributed by atoms with Crippen molar-refractivity contribution < 1.29 is 9.59 Å². The van der Waals surface area contributed by atoms with Crippen LogP contribution in [0.1, 0.15) is 48.0 Å². The maximum absolute atomic E-state index is 13.1. The molecule has 150 valence electrons. The number of nitrogens with zero attached hydrogens (tertiary/aromatic N) is 1. The van der Waals surface area contributed by atoms with Crippen LogP contribution in [0.15, 0.2) is 54.6 Å². The molecule has 0 aliphatic carbocycles. The summed E-state index contributed by atoms with van der Waals surface area (Å²) in [5.41, 5.74) is 7.99. The summed E-state index contributed by atoms with van der Waals surface area (Å²) >= 11 is 0. The van der Waals surface area contributed by atoms with Crippen molar-refractivity contribution in [1.82, 2.24) is 5.32 Å². The van der Waals surface area contributed by atoms with Crippen molar-refractivity contribution >= 4 is 17.5 Å². The Bertz CT molecular complexity index is 747. The molecule has 0 unspecified atom stereocenters. The van der Waals surface area contributed by atoms with Crippen molar-refractivity contribution in [2.24, 2.45) is 5.73 Å². The van der Waals surface area contributed by atoms with Crippen LogP contribution in [0.25, 0.3) is 0 Å². The highest BCUT2D eigenvalue weighted by Crippen LogP contribution is 2.19. The number of hydrogen-bond acceptors (Lipinski definition) is 3. The molecule has 0 aliphatic rings.